The number of ether oxygens (including phenoxy) is 1. The van der Waals surface area contributed by atoms with Gasteiger partial charge in [0, 0.05) is 37.0 Å². The molecule has 4 rings (SSSR count). The van der Waals surface area contributed by atoms with Gasteiger partial charge in [-0.05, 0) is 31.3 Å². The van der Waals surface area contributed by atoms with Crippen molar-refractivity contribution in [2.45, 2.75) is 0 Å². The Bertz CT molecular complexity index is 964. The van der Waals surface area contributed by atoms with E-state index in [1.165, 1.54) is 11.3 Å². The van der Waals surface area contributed by atoms with Crippen LogP contribution in [0.5, 0.6) is 5.75 Å². The third-order valence-electron chi connectivity index (χ3n) is 4.60. The number of thiophene rings is 1. The molecule has 0 saturated carbocycles. The molecule has 1 aromatic carbocycles. The lowest BCUT2D eigenvalue weighted by Crippen LogP contribution is -2.46. The quantitative estimate of drug-likeness (QED) is 0.687. The first kappa shape index (κ1) is 16.6. The molecule has 1 saturated heterocycles. The number of likely N-dealkylation sites (N-methyl/N-ethyl adjacent to an activating group) is 1. The Morgan fingerprint density at radius 3 is 2.68 bits per heavy atom. The van der Waals surface area contributed by atoms with Crippen LogP contribution in [0, 0.1) is 0 Å². The average molecular weight is 376 g/mol. The molecule has 0 spiro atoms. The average Bonchev–Trinajstić information content (AvgIpc) is 3.04. The molecule has 3 aromatic rings. The van der Waals surface area contributed by atoms with E-state index in [1.54, 1.807) is 7.11 Å². The molecule has 3 heterocycles. The van der Waals surface area contributed by atoms with Crippen LogP contribution in [-0.2, 0) is 0 Å². The minimum atomic E-state index is 0.0869. The predicted octanol–water partition coefficient (Wildman–Crippen LogP) is 3.50. The van der Waals surface area contributed by atoms with Gasteiger partial charge in [0.05, 0.1) is 17.5 Å². The van der Waals surface area contributed by atoms with E-state index in [2.05, 4.69) is 16.9 Å². The lowest BCUT2D eigenvalue weighted by atomic mass is 10.2. The number of amides is 1. The SMILES string of the molecule is COc1ccc2cc3cc(C(=O)N4CCN(C)CC4)sc3nc2c1Cl. The molecule has 1 aliphatic rings. The van der Waals surface area contributed by atoms with E-state index in [0.717, 1.165) is 46.7 Å². The van der Waals surface area contributed by atoms with Crippen LogP contribution in [0.1, 0.15) is 9.67 Å². The van der Waals surface area contributed by atoms with Gasteiger partial charge in [0.2, 0.25) is 0 Å². The highest BCUT2D eigenvalue weighted by molar-refractivity contribution is 7.20. The highest BCUT2D eigenvalue weighted by Gasteiger charge is 2.22. The second-order valence-corrected chi connectivity index (χ2v) is 7.65. The van der Waals surface area contributed by atoms with Crippen LogP contribution in [0.3, 0.4) is 0 Å². The summed E-state index contributed by atoms with van der Waals surface area (Å²) in [7, 11) is 3.66. The van der Waals surface area contributed by atoms with Crippen LogP contribution in [0.2, 0.25) is 5.02 Å². The molecule has 0 atom stereocenters. The second kappa shape index (κ2) is 6.44. The first-order valence-corrected chi connectivity index (χ1v) is 9.31. The highest BCUT2D eigenvalue weighted by Crippen LogP contribution is 2.35. The van der Waals surface area contributed by atoms with Crippen LogP contribution in [0.25, 0.3) is 21.1 Å². The summed E-state index contributed by atoms with van der Waals surface area (Å²) >= 11 is 7.81. The van der Waals surface area contributed by atoms with E-state index >= 15 is 0 Å². The molecular formula is C18H18ClN3O2S. The van der Waals surface area contributed by atoms with Gasteiger partial charge < -0.3 is 14.5 Å². The van der Waals surface area contributed by atoms with Gasteiger partial charge >= 0.3 is 0 Å². The number of hydrogen-bond acceptors (Lipinski definition) is 5. The van der Waals surface area contributed by atoms with E-state index in [9.17, 15) is 4.79 Å². The maximum absolute atomic E-state index is 12.8. The molecule has 7 heteroatoms. The fourth-order valence-electron chi connectivity index (χ4n) is 3.07. The molecule has 0 aliphatic carbocycles. The maximum Gasteiger partial charge on any atom is 0.264 e. The van der Waals surface area contributed by atoms with Gasteiger partial charge in [0.1, 0.15) is 15.6 Å². The smallest absolute Gasteiger partial charge is 0.264 e. The lowest BCUT2D eigenvalue weighted by molar-refractivity contribution is 0.0669. The van der Waals surface area contributed by atoms with E-state index in [0.29, 0.717) is 16.3 Å². The summed E-state index contributed by atoms with van der Waals surface area (Å²) < 4.78 is 5.26. The van der Waals surface area contributed by atoms with Crippen molar-refractivity contribution in [1.82, 2.24) is 14.8 Å². The van der Waals surface area contributed by atoms with Gasteiger partial charge in [-0.15, -0.1) is 11.3 Å². The molecular weight excluding hydrogens is 358 g/mol. The van der Waals surface area contributed by atoms with Crippen molar-refractivity contribution in [2.75, 3.05) is 40.3 Å². The summed E-state index contributed by atoms with van der Waals surface area (Å²) in [5, 5.41) is 2.41. The molecule has 5 nitrogen and oxygen atoms in total. The third-order valence-corrected chi connectivity index (χ3v) is 6.00. The number of nitrogens with zero attached hydrogens (tertiary/aromatic N) is 3. The van der Waals surface area contributed by atoms with Gasteiger partial charge in [-0.2, -0.15) is 0 Å². The van der Waals surface area contributed by atoms with Crippen molar-refractivity contribution < 1.29 is 9.53 Å². The summed E-state index contributed by atoms with van der Waals surface area (Å²) in [6, 6.07) is 7.73. The van der Waals surface area contributed by atoms with Gasteiger partial charge in [0.15, 0.2) is 0 Å². The Morgan fingerprint density at radius 2 is 1.96 bits per heavy atom. The van der Waals surface area contributed by atoms with E-state index in [-0.39, 0.29) is 5.91 Å². The van der Waals surface area contributed by atoms with Crippen molar-refractivity contribution in [3.8, 4) is 5.75 Å². The molecule has 0 N–H and O–H groups in total. The van der Waals surface area contributed by atoms with Crippen molar-refractivity contribution >= 4 is 50.0 Å². The fourth-order valence-corrected chi connectivity index (χ4v) is 4.35. The third kappa shape index (κ3) is 2.94. The first-order chi connectivity index (χ1) is 12.1. The molecule has 0 radical (unpaired) electrons. The van der Waals surface area contributed by atoms with Crippen LogP contribution >= 0.6 is 22.9 Å². The van der Waals surface area contributed by atoms with E-state index in [1.807, 2.05) is 29.2 Å². The Balaban J connectivity index is 1.73. The van der Waals surface area contributed by atoms with E-state index < -0.39 is 0 Å². The number of benzene rings is 1. The monoisotopic (exact) mass is 375 g/mol. The molecule has 1 amide bonds. The number of piperazine rings is 1. The number of halogens is 1. The number of rotatable bonds is 2. The topological polar surface area (TPSA) is 45.7 Å². The summed E-state index contributed by atoms with van der Waals surface area (Å²) in [4.78, 5) is 23.2. The molecule has 2 aromatic heterocycles. The maximum atomic E-state index is 12.8. The van der Waals surface area contributed by atoms with E-state index in [4.69, 9.17) is 16.3 Å². The van der Waals surface area contributed by atoms with Gasteiger partial charge in [-0.1, -0.05) is 11.6 Å². The molecule has 130 valence electrons. The van der Waals surface area contributed by atoms with Crippen LogP contribution in [-0.4, -0.2) is 61.0 Å². The van der Waals surface area contributed by atoms with Crippen LogP contribution < -0.4 is 4.74 Å². The summed E-state index contributed by atoms with van der Waals surface area (Å²) in [5.74, 6) is 0.690. The number of aromatic nitrogens is 1. The largest absolute Gasteiger partial charge is 0.495 e. The summed E-state index contributed by atoms with van der Waals surface area (Å²) in [5.41, 5.74) is 0.703. The standard InChI is InChI=1S/C18H18ClN3O2S/c1-21-5-7-22(8-6-21)18(23)14-10-12-9-11-3-4-13(24-2)15(19)16(11)20-17(12)25-14/h3-4,9-10H,5-8H2,1-2H3. The Morgan fingerprint density at radius 1 is 1.20 bits per heavy atom. The number of methoxy groups -OCH3 is 1. The number of carbonyl (C=O) groups is 1. The van der Waals surface area contributed by atoms with Crippen LogP contribution in [0.15, 0.2) is 24.3 Å². The molecule has 0 unspecified atom stereocenters. The second-order valence-electron chi connectivity index (χ2n) is 6.24. The molecule has 1 fully saturated rings. The first-order valence-electron chi connectivity index (χ1n) is 8.11. The summed E-state index contributed by atoms with van der Waals surface area (Å²) in [6.07, 6.45) is 0. The number of pyridine rings is 1. The molecule has 0 bridgehead atoms. The minimum absolute atomic E-state index is 0.0869. The van der Waals surface area contributed by atoms with Gasteiger partial charge in [-0.25, -0.2) is 4.98 Å². The number of hydrogen-bond donors (Lipinski definition) is 0. The van der Waals surface area contributed by atoms with Crippen molar-refractivity contribution in [3.05, 3.63) is 34.2 Å². The number of fused-ring (bicyclic) bond motifs is 2. The van der Waals surface area contributed by atoms with Crippen molar-refractivity contribution in [1.29, 1.82) is 0 Å². The molecule has 25 heavy (non-hydrogen) atoms. The number of carbonyl (C=O) groups excluding carboxylic acids is 1. The zero-order valence-electron chi connectivity index (χ0n) is 14.1. The Labute approximate surface area is 154 Å². The summed E-state index contributed by atoms with van der Waals surface area (Å²) in [6.45, 7) is 3.35. The fraction of sp³-hybridized carbons (Fsp3) is 0.333. The minimum Gasteiger partial charge on any atom is -0.495 e. The lowest BCUT2D eigenvalue weighted by Gasteiger charge is -2.32. The predicted molar refractivity (Wildman–Crippen MR) is 102 cm³/mol. The van der Waals surface area contributed by atoms with Crippen molar-refractivity contribution in [3.63, 3.8) is 0 Å². The van der Waals surface area contributed by atoms with Gasteiger partial charge in [-0.3, -0.25) is 4.79 Å². The Hall–Kier alpha value is -1.89. The zero-order valence-corrected chi connectivity index (χ0v) is 15.7. The Kier molecular flexibility index (Phi) is 4.27. The van der Waals surface area contributed by atoms with Crippen LogP contribution in [0.4, 0.5) is 0 Å². The van der Waals surface area contributed by atoms with Gasteiger partial charge in [0.25, 0.3) is 5.91 Å². The molecule has 1 aliphatic heterocycles. The van der Waals surface area contributed by atoms with Crippen molar-refractivity contribution in [2.24, 2.45) is 0 Å². The highest BCUT2D eigenvalue weighted by atomic mass is 35.5. The normalized spacial score (nSPS) is 15.9. The zero-order chi connectivity index (χ0) is 17.6.